The zero-order valence-electron chi connectivity index (χ0n) is 19.0. The Hall–Kier alpha value is -3.29. The van der Waals surface area contributed by atoms with Gasteiger partial charge in [0.2, 0.25) is 0 Å². The summed E-state index contributed by atoms with van der Waals surface area (Å²) in [6, 6.07) is 14.2. The molecule has 0 spiro atoms. The Labute approximate surface area is 197 Å². The van der Waals surface area contributed by atoms with Gasteiger partial charge in [-0.05, 0) is 30.2 Å². The van der Waals surface area contributed by atoms with Gasteiger partial charge in [-0.3, -0.25) is 14.5 Å². The molecule has 1 aromatic heterocycles. The predicted octanol–water partition coefficient (Wildman–Crippen LogP) is 5.39. The fourth-order valence-corrected chi connectivity index (χ4v) is 4.73. The van der Waals surface area contributed by atoms with Crippen molar-refractivity contribution in [3.05, 3.63) is 81.4 Å². The lowest BCUT2D eigenvalue weighted by atomic mass is 9.89. The van der Waals surface area contributed by atoms with Crippen molar-refractivity contribution in [1.29, 1.82) is 0 Å². The van der Waals surface area contributed by atoms with Crippen molar-refractivity contribution < 1.29 is 19.4 Å². The van der Waals surface area contributed by atoms with Crippen LogP contribution in [-0.4, -0.2) is 28.9 Å². The molecule has 4 rings (SSSR count). The van der Waals surface area contributed by atoms with Crippen LogP contribution in [0.1, 0.15) is 36.0 Å². The number of thiazole rings is 1. The average molecular weight is 463 g/mol. The van der Waals surface area contributed by atoms with Crippen LogP contribution < -0.4 is 4.90 Å². The fourth-order valence-electron chi connectivity index (χ4n) is 4.11. The number of Topliss-reactive ketones (excluding diaryl/α,β-unsaturated/α-hetero) is 1. The van der Waals surface area contributed by atoms with Crippen molar-refractivity contribution in [2.24, 2.45) is 5.92 Å². The minimum Gasteiger partial charge on any atom is -0.503 e. The highest BCUT2D eigenvalue weighted by molar-refractivity contribution is 7.09. The number of amides is 1. The van der Waals surface area contributed by atoms with Gasteiger partial charge in [-0.15, -0.1) is 11.3 Å². The van der Waals surface area contributed by atoms with E-state index in [9.17, 15) is 14.7 Å². The third kappa shape index (κ3) is 4.21. The molecule has 7 heteroatoms. The number of carbonyl (C=O) groups is 2. The molecule has 1 unspecified atom stereocenters. The van der Waals surface area contributed by atoms with Gasteiger partial charge in [-0.25, -0.2) is 4.98 Å². The molecule has 0 saturated heterocycles. The summed E-state index contributed by atoms with van der Waals surface area (Å²) in [5.41, 5.74) is 4.11. The molecule has 0 bridgehead atoms. The van der Waals surface area contributed by atoms with Crippen LogP contribution in [0.2, 0.25) is 0 Å². The molecule has 6 nitrogen and oxygen atoms in total. The molecule has 170 valence electrons. The zero-order chi connectivity index (χ0) is 23.7. The first-order valence-corrected chi connectivity index (χ1v) is 11.6. The van der Waals surface area contributed by atoms with Gasteiger partial charge in [-0.1, -0.05) is 50.2 Å². The first kappa shape index (κ1) is 22.9. The molecule has 1 aliphatic heterocycles. The first-order valence-electron chi connectivity index (χ1n) is 10.7. The van der Waals surface area contributed by atoms with Crippen molar-refractivity contribution in [2.45, 2.75) is 33.4 Å². The molecular weight excluding hydrogens is 436 g/mol. The van der Waals surface area contributed by atoms with E-state index in [-0.39, 0.29) is 17.3 Å². The predicted molar refractivity (Wildman–Crippen MR) is 129 cm³/mol. The number of aromatic nitrogens is 1. The maximum absolute atomic E-state index is 13.3. The minimum absolute atomic E-state index is 0.123. The number of carbonyl (C=O) groups excluding carboxylic acids is 2. The number of anilines is 1. The SMILES string of the molecule is COCc1ccccc1C1C(C(=O)C(C)C)=C(O)C(=O)N1c1ccc(-c2csc(C)n2)cc1. The average Bonchev–Trinajstić information content (AvgIpc) is 3.35. The second-order valence-electron chi connectivity index (χ2n) is 8.29. The van der Waals surface area contributed by atoms with Crippen LogP contribution in [0.4, 0.5) is 5.69 Å². The standard InChI is InChI=1S/C26H26N2O4S/c1-15(2)24(29)22-23(20-8-6-5-7-18(20)13-32-4)28(26(31)25(22)30)19-11-9-17(10-12-19)21-14-33-16(3)27-21/h5-12,14-15,23,30H,13H2,1-4H3. The molecule has 0 radical (unpaired) electrons. The van der Waals surface area contributed by atoms with E-state index in [1.54, 1.807) is 32.3 Å². The van der Waals surface area contributed by atoms with E-state index in [1.807, 2.05) is 60.8 Å². The van der Waals surface area contributed by atoms with Gasteiger partial charge < -0.3 is 9.84 Å². The van der Waals surface area contributed by atoms with Crippen LogP contribution in [-0.2, 0) is 20.9 Å². The highest BCUT2D eigenvalue weighted by atomic mass is 32.1. The lowest BCUT2D eigenvalue weighted by Crippen LogP contribution is -2.32. The summed E-state index contributed by atoms with van der Waals surface area (Å²) >= 11 is 1.57. The number of methoxy groups -OCH3 is 1. The molecule has 0 fully saturated rings. The smallest absolute Gasteiger partial charge is 0.294 e. The molecule has 2 heterocycles. The van der Waals surface area contributed by atoms with Gasteiger partial charge in [0.25, 0.3) is 5.91 Å². The van der Waals surface area contributed by atoms with Crippen molar-refractivity contribution in [3.8, 4) is 11.3 Å². The summed E-state index contributed by atoms with van der Waals surface area (Å²) in [5.74, 6) is -1.71. The first-order chi connectivity index (χ1) is 15.8. The van der Waals surface area contributed by atoms with E-state index in [0.29, 0.717) is 12.3 Å². The van der Waals surface area contributed by atoms with Crippen molar-refractivity contribution >= 4 is 28.7 Å². The van der Waals surface area contributed by atoms with Crippen molar-refractivity contribution in [2.75, 3.05) is 12.0 Å². The number of benzene rings is 2. The molecule has 33 heavy (non-hydrogen) atoms. The number of aliphatic hydroxyl groups is 1. The van der Waals surface area contributed by atoms with E-state index in [2.05, 4.69) is 4.98 Å². The Morgan fingerprint density at radius 1 is 1.18 bits per heavy atom. The van der Waals surface area contributed by atoms with Crippen molar-refractivity contribution in [1.82, 2.24) is 4.98 Å². The molecule has 3 aromatic rings. The highest BCUT2D eigenvalue weighted by Gasteiger charge is 2.45. The summed E-state index contributed by atoms with van der Waals surface area (Å²) < 4.78 is 5.36. The topological polar surface area (TPSA) is 79.7 Å². The normalized spacial score (nSPS) is 16.2. The van der Waals surface area contributed by atoms with Crippen LogP contribution in [0.3, 0.4) is 0 Å². The molecular formula is C26H26N2O4S. The van der Waals surface area contributed by atoms with E-state index in [4.69, 9.17) is 4.74 Å². The van der Waals surface area contributed by atoms with Crippen LogP contribution in [0.5, 0.6) is 0 Å². The Bertz CT molecular complexity index is 1230. The quantitative estimate of drug-likeness (QED) is 0.509. The second-order valence-corrected chi connectivity index (χ2v) is 9.35. The number of rotatable bonds is 7. The largest absolute Gasteiger partial charge is 0.503 e. The van der Waals surface area contributed by atoms with E-state index >= 15 is 0 Å². The molecule has 0 saturated carbocycles. The Balaban J connectivity index is 1.83. The summed E-state index contributed by atoms with van der Waals surface area (Å²) in [4.78, 5) is 32.4. The van der Waals surface area contributed by atoms with Crippen LogP contribution in [0.15, 0.2) is 65.2 Å². The highest BCUT2D eigenvalue weighted by Crippen LogP contribution is 2.43. The number of nitrogens with zero attached hydrogens (tertiary/aromatic N) is 2. The van der Waals surface area contributed by atoms with E-state index in [1.165, 1.54) is 4.90 Å². The van der Waals surface area contributed by atoms with Gasteiger partial charge in [0.15, 0.2) is 11.5 Å². The summed E-state index contributed by atoms with van der Waals surface area (Å²) in [6.45, 7) is 5.80. The summed E-state index contributed by atoms with van der Waals surface area (Å²) in [6.07, 6.45) is 0. The van der Waals surface area contributed by atoms with Crippen molar-refractivity contribution in [3.63, 3.8) is 0 Å². The fraction of sp³-hybridized carbons (Fsp3) is 0.269. The number of ketones is 1. The van der Waals surface area contributed by atoms with E-state index < -0.39 is 17.7 Å². The van der Waals surface area contributed by atoms with Gasteiger partial charge in [-0.2, -0.15) is 0 Å². The monoisotopic (exact) mass is 462 g/mol. The number of hydrogen-bond acceptors (Lipinski definition) is 6. The molecule has 2 aromatic carbocycles. The lowest BCUT2D eigenvalue weighted by molar-refractivity contribution is -0.119. The molecule has 0 aliphatic carbocycles. The van der Waals surface area contributed by atoms with Gasteiger partial charge in [0.1, 0.15) is 0 Å². The minimum atomic E-state index is -0.744. The third-order valence-electron chi connectivity index (χ3n) is 5.71. The molecule has 1 aliphatic rings. The number of ether oxygens (including phenoxy) is 1. The Morgan fingerprint density at radius 3 is 2.48 bits per heavy atom. The van der Waals surface area contributed by atoms with Crippen LogP contribution in [0, 0.1) is 12.8 Å². The maximum Gasteiger partial charge on any atom is 0.294 e. The lowest BCUT2D eigenvalue weighted by Gasteiger charge is -2.29. The number of hydrogen-bond donors (Lipinski definition) is 1. The maximum atomic E-state index is 13.3. The molecule has 1 atom stereocenters. The zero-order valence-corrected chi connectivity index (χ0v) is 19.8. The molecule has 1 N–H and O–H groups in total. The van der Waals surface area contributed by atoms with Gasteiger partial charge in [0, 0.05) is 29.7 Å². The van der Waals surface area contributed by atoms with Crippen LogP contribution in [0.25, 0.3) is 11.3 Å². The Morgan fingerprint density at radius 2 is 1.88 bits per heavy atom. The number of aryl methyl sites for hydroxylation is 1. The summed E-state index contributed by atoms with van der Waals surface area (Å²) in [5, 5.41) is 13.8. The second kappa shape index (κ2) is 9.29. The van der Waals surface area contributed by atoms with E-state index in [0.717, 1.165) is 27.4 Å². The van der Waals surface area contributed by atoms with Crippen LogP contribution >= 0.6 is 11.3 Å². The third-order valence-corrected chi connectivity index (χ3v) is 6.48. The molecule has 1 amide bonds. The number of aliphatic hydroxyl groups excluding tert-OH is 1. The van der Waals surface area contributed by atoms with Gasteiger partial charge >= 0.3 is 0 Å². The summed E-state index contributed by atoms with van der Waals surface area (Å²) in [7, 11) is 1.60. The Kier molecular flexibility index (Phi) is 6.44. The van der Waals surface area contributed by atoms with Gasteiger partial charge in [0.05, 0.1) is 28.9 Å².